The number of fused-ring (bicyclic) bond motifs is 3. The van der Waals surface area contributed by atoms with E-state index in [0.29, 0.717) is 11.8 Å². The first-order chi connectivity index (χ1) is 18.0. The second-order valence-corrected chi connectivity index (χ2v) is 13.0. The largest absolute Gasteiger partial charge is 1.00 e. The number of hydrogen-bond acceptors (Lipinski definition) is 0. The van der Waals surface area contributed by atoms with E-state index in [-0.39, 0.29) is 35.6 Å². The van der Waals surface area contributed by atoms with Crippen LogP contribution >= 0.6 is 23.2 Å². The van der Waals surface area contributed by atoms with Gasteiger partial charge in [-0.25, -0.2) is 12.1 Å². The Balaban J connectivity index is 0.000000356. The Bertz CT molecular complexity index is 1240. The number of alkyl halides is 2. The molecule has 0 fully saturated rings. The van der Waals surface area contributed by atoms with Crippen LogP contribution in [0.3, 0.4) is 0 Å². The average molecular weight is 692 g/mol. The molecule has 1 aliphatic rings. The van der Waals surface area contributed by atoms with Crippen molar-refractivity contribution in [1.29, 1.82) is 0 Å². The number of benzene rings is 3. The molecule has 1 aliphatic carbocycles. The van der Waals surface area contributed by atoms with Gasteiger partial charge in [-0.05, 0) is 28.4 Å². The predicted octanol–water partition coefficient (Wildman–Crippen LogP) is 3.93. The third-order valence-electron chi connectivity index (χ3n) is 6.57. The standard InChI is InChI=1S/C21H25.C9H8Cl2.C5H5.2ClH.Zr/c1-20(2,3)16-7-9-18-14(12-16)11-15-13-17(21(4,5)6)8-10-19(15)18;1-7-2-8(5-10)4-9(3-7)6-11;1-2-4-5-3-1;;;/h7-10,12H,11H2,1-6H3;1-4H,5-6H2;1-5H;2*1H;/q-1;;-1;;;+2/p-2. The van der Waals surface area contributed by atoms with Crippen LogP contribution in [0.1, 0.15) is 80.5 Å². The SMILES string of the molecule is CC(C)(C)c1[c-]c2c(cc1)-c1ccc(C(C)(C)C)cc1C2.ClCc1cc([CH]=[Zr+2])cc(CCl)c1.[Cl-].[Cl-].c1cc[cH-]c1. The summed E-state index contributed by atoms with van der Waals surface area (Å²) in [5.41, 5.74) is 12.2. The van der Waals surface area contributed by atoms with Gasteiger partial charge in [-0.3, -0.25) is 0 Å². The zero-order valence-corrected chi connectivity index (χ0v) is 29.7. The van der Waals surface area contributed by atoms with Gasteiger partial charge in [0.15, 0.2) is 0 Å². The Morgan fingerprint density at radius 3 is 1.82 bits per heavy atom. The Morgan fingerprint density at radius 1 is 0.800 bits per heavy atom. The van der Waals surface area contributed by atoms with E-state index < -0.39 is 0 Å². The molecule has 212 valence electrons. The molecule has 0 nitrogen and oxygen atoms in total. The molecule has 0 spiro atoms. The first-order valence-corrected chi connectivity index (χ1v) is 15.6. The predicted molar refractivity (Wildman–Crippen MR) is 164 cm³/mol. The van der Waals surface area contributed by atoms with Gasteiger partial charge in [-0.1, -0.05) is 65.3 Å². The maximum absolute atomic E-state index is 5.74. The zero-order chi connectivity index (χ0) is 27.9. The molecular formula is C35H38Cl4Zr-2. The van der Waals surface area contributed by atoms with Crippen molar-refractivity contribution in [3.05, 3.63) is 124 Å². The number of hydrogen-bond donors (Lipinski definition) is 0. The van der Waals surface area contributed by atoms with E-state index in [1.165, 1.54) is 63.2 Å². The molecule has 0 saturated heterocycles. The fourth-order valence-corrected chi connectivity index (χ4v) is 5.10. The van der Waals surface area contributed by atoms with Crippen molar-refractivity contribution in [3.63, 3.8) is 0 Å². The molecule has 0 heterocycles. The van der Waals surface area contributed by atoms with Crippen LogP contribution in [0.25, 0.3) is 11.1 Å². The van der Waals surface area contributed by atoms with Gasteiger partial charge in [-0.2, -0.15) is 42.0 Å². The molecule has 0 atom stereocenters. The van der Waals surface area contributed by atoms with Crippen LogP contribution in [0.5, 0.6) is 0 Å². The minimum Gasteiger partial charge on any atom is -1.00 e. The van der Waals surface area contributed by atoms with Gasteiger partial charge >= 0.3 is 97.8 Å². The average Bonchev–Trinajstić information content (AvgIpc) is 3.58. The van der Waals surface area contributed by atoms with E-state index in [1.807, 2.05) is 36.4 Å². The summed E-state index contributed by atoms with van der Waals surface area (Å²) in [4.78, 5) is 0. The summed E-state index contributed by atoms with van der Waals surface area (Å²) in [6.07, 6.45) is 1.03. The first kappa shape index (κ1) is 36.9. The number of halogens is 4. The van der Waals surface area contributed by atoms with Crippen LogP contribution in [0.4, 0.5) is 0 Å². The van der Waals surface area contributed by atoms with Crippen molar-refractivity contribution in [2.45, 2.75) is 70.6 Å². The second-order valence-electron chi connectivity index (χ2n) is 11.8. The summed E-state index contributed by atoms with van der Waals surface area (Å²) in [5, 5.41) is 0. The van der Waals surface area contributed by atoms with Gasteiger partial charge in [0.2, 0.25) is 0 Å². The van der Waals surface area contributed by atoms with Gasteiger partial charge in [0.1, 0.15) is 0 Å². The van der Waals surface area contributed by atoms with Gasteiger partial charge in [0.05, 0.1) is 0 Å². The van der Waals surface area contributed by atoms with Crippen molar-refractivity contribution >= 4 is 26.9 Å². The molecule has 0 bridgehead atoms. The quantitative estimate of drug-likeness (QED) is 0.199. The van der Waals surface area contributed by atoms with Gasteiger partial charge in [-0.15, -0.1) is 11.1 Å². The maximum Gasteiger partial charge on any atom is -0.172 e. The van der Waals surface area contributed by atoms with Crippen LogP contribution in [-0.4, -0.2) is 3.71 Å². The molecule has 40 heavy (non-hydrogen) atoms. The van der Waals surface area contributed by atoms with Gasteiger partial charge < -0.3 is 24.8 Å². The van der Waals surface area contributed by atoms with Crippen molar-refractivity contribution in [1.82, 2.24) is 0 Å². The second kappa shape index (κ2) is 16.5. The van der Waals surface area contributed by atoms with E-state index in [9.17, 15) is 0 Å². The Hall–Kier alpha value is -1.08. The topological polar surface area (TPSA) is 0 Å². The molecule has 5 heteroatoms. The molecule has 4 aromatic rings. The molecule has 5 rings (SSSR count). The number of rotatable bonds is 3. The van der Waals surface area contributed by atoms with Crippen molar-refractivity contribution in [2.24, 2.45) is 0 Å². The molecule has 0 saturated carbocycles. The third kappa shape index (κ3) is 10.3. The molecule has 0 N–H and O–H groups in total. The van der Waals surface area contributed by atoms with Gasteiger partial charge in [0, 0.05) is 0 Å². The van der Waals surface area contributed by atoms with Crippen LogP contribution < -0.4 is 24.8 Å². The third-order valence-corrected chi connectivity index (χ3v) is 8.01. The van der Waals surface area contributed by atoms with E-state index in [0.717, 1.165) is 17.5 Å². The van der Waals surface area contributed by atoms with Crippen LogP contribution in [-0.2, 0) is 53.2 Å². The van der Waals surface area contributed by atoms with E-state index >= 15 is 0 Å². The van der Waals surface area contributed by atoms with Gasteiger partial charge in [0.25, 0.3) is 0 Å². The van der Waals surface area contributed by atoms with E-state index in [1.54, 1.807) is 0 Å². The maximum atomic E-state index is 5.74. The molecule has 0 unspecified atom stereocenters. The normalized spacial score (nSPS) is 11.3. The Kier molecular flexibility index (Phi) is 15.3. The minimum absolute atomic E-state index is 0. The van der Waals surface area contributed by atoms with Crippen molar-refractivity contribution in [2.75, 3.05) is 0 Å². The van der Waals surface area contributed by atoms with Crippen LogP contribution in [0.2, 0.25) is 0 Å². The van der Waals surface area contributed by atoms with Crippen LogP contribution in [0.15, 0.2) is 78.9 Å². The van der Waals surface area contributed by atoms with Crippen molar-refractivity contribution < 1.29 is 49.0 Å². The molecule has 4 aromatic carbocycles. The summed E-state index contributed by atoms with van der Waals surface area (Å²) in [7, 11) is 0. The summed E-state index contributed by atoms with van der Waals surface area (Å²) < 4.78 is 2.14. The molecule has 0 amide bonds. The first-order valence-electron chi connectivity index (χ1n) is 13.1. The summed E-state index contributed by atoms with van der Waals surface area (Å²) in [6.45, 7) is 13.6. The summed E-state index contributed by atoms with van der Waals surface area (Å²) in [6, 6.07) is 31.4. The monoisotopic (exact) mass is 688 g/mol. The Morgan fingerprint density at radius 2 is 1.38 bits per heavy atom. The smallest absolute Gasteiger partial charge is 0.172 e. The summed E-state index contributed by atoms with van der Waals surface area (Å²) in [5.74, 6) is 1.11. The molecule has 0 aliphatic heterocycles. The van der Waals surface area contributed by atoms with Crippen LogP contribution in [0, 0.1) is 6.07 Å². The summed E-state index contributed by atoms with van der Waals surface area (Å²) >= 11 is 12.9. The molecular weight excluding hydrogens is 653 g/mol. The minimum atomic E-state index is 0. The fraction of sp³-hybridized carbons (Fsp3) is 0.314. The van der Waals surface area contributed by atoms with E-state index in [2.05, 4.69) is 93.8 Å². The Labute approximate surface area is 279 Å². The molecule has 0 aromatic heterocycles. The zero-order valence-electron chi connectivity index (χ0n) is 24.2. The molecule has 0 radical (unpaired) electrons. The van der Waals surface area contributed by atoms with Crippen molar-refractivity contribution in [3.8, 4) is 11.1 Å². The van der Waals surface area contributed by atoms with E-state index in [4.69, 9.17) is 23.2 Å². The fourth-order valence-electron chi connectivity index (χ4n) is 4.38.